The summed E-state index contributed by atoms with van der Waals surface area (Å²) in [5.41, 5.74) is 1.53. The SMILES string of the molecule is Cc1ccc(CNC(=O)c2ccc3n(c2=O)CCN(CC2(S(=O)(=O)C(C)(C)c4ncno4)CC2)C3=O)cc1. The number of pyridine rings is 1. The number of carbonyl (C=O) groups is 2. The molecule has 0 atom stereocenters. The van der Waals surface area contributed by atoms with Gasteiger partial charge in [-0.3, -0.25) is 14.4 Å². The molecule has 0 bridgehead atoms. The van der Waals surface area contributed by atoms with Gasteiger partial charge >= 0.3 is 0 Å². The highest BCUT2D eigenvalue weighted by molar-refractivity contribution is 7.94. The number of fused-ring (bicyclic) bond motifs is 1. The van der Waals surface area contributed by atoms with Crippen molar-refractivity contribution in [3.63, 3.8) is 0 Å². The monoisotopic (exact) mass is 539 g/mol. The Morgan fingerprint density at radius 3 is 2.45 bits per heavy atom. The van der Waals surface area contributed by atoms with Crippen LogP contribution in [0, 0.1) is 6.92 Å². The number of hydrogen-bond acceptors (Lipinski definition) is 8. The molecule has 2 amide bonds. The van der Waals surface area contributed by atoms with E-state index in [-0.39, 0.29) is 43.3 Å². The summed E-state index contributed by atoms with van der Waals surface area (Å²) < 4.78 is 31.1. The molecule has 1 N–H and O–H groups in total. The highest BCUT2D eigenvalue weighted by atomic mass is 32.2. The van der Waals surface area contributed by atoms with E-state index in [1.807, 2.05) is 31.2 Å². The van der Waals surface area contributed by atoms with Crippen LogP contribution in [0.3, 0.4) is 0 Å². The number of carbonyl (C=O) groups excluding carboxylic acids is 2. The fourth-order valence-corrected chi connectivity index (χ4v) is 7.24. The Bertz CT molecular complexity index is 1550. The quantitative estimate of drug-likeness (QED) is 0.456. The van der Waals surface area contributed by atoms with E-state index < -0.39 is 36.7 Å². The largest absolute Gasteiger partial charge is 0.348 e. The molecule has 200 valence electrons. The van der Waals surface area contributed by atoms with Crippen LogP contribution in [0.1, 0.15) is 64.6 Å². The molecule has 1 aromatic carbocycles. The molecule has 1 aliphatic heterocycles. The molecule has 1 saturated carbocycles. The lowest BCUT2D eigenvalue weighted by Crippen LogP contribution is -2.52. The summed E-state index contributed by atoms with van der Waals surface area (Å²) in [4.78, 5) is 44.6. The highest BCUT2D eigenvalue weighted by Gasteiger charge is 2.62. The summed E-state index contributed by atoms with van der Waals surface area (Å²) >= 11 is 0. The van der Waals surface area contributed by atoms with Crippen molar-refractivity contribution < 1.29 is 22.5 Å². The van der Waals surface area contributed by atoms with Crippen molar-refractivity contribution in [1.82, 2.24) is 24.9 Å². The molecule has 3 aromatic rings. The van der Waals surface area contributed by atoms with Crippen molar-refractivity contribution >= 4 is 21.7 Å². The first-order valence-corrected chi connectivity index (χ1v) is 13.8. The number of hydrogen-bond donors (Lipinski definition) is 1. The molecule has 2 aromatic heterocycles. The molecule has 0 unspecified atom stereocenters. The van der Waals surface area contributed by atoms with E-state index in [4.69, 9.17) is 4.52 Å². The lowest BCUT2D eigenvalue weighted by Gasteiger charge is -2.35. The number of amides is 2. The van der Waals surface area contributed by atoms with Gasteiger partial charge in [-0.1, -0.05) is 35.0 Å². The molecular formula is C26H29N5O6S. The van der Waals surface area contributed by atoms with E-state index in [2.05, 4.69) is 15.5 Å². The number of sulfone groups is 1. The Balaban J connectivity index is 1.32. The minimum atomic E-state index is -3.82. The highest BCUT2D eigenvalue weighted by Crippen LogP contribution is 2.51. The average molecular weight is 540 g/mol. The molecule has 2 aliphatic rings. The van der Waals surface area contributed by atoms with Crippen molar-refractivity contribution in [2.24, 2.45) is 0 Å². The Morgan fingerprint density at radius 2 is 1.82 bits per heavy atom. The van der Waals surface area contributed by atoms with Crippen molar-refractivity contribution in [3.8, 4) is 0 Å². The van der Waals surface area contributed by atoms with Crippen LogP contribution in [0.25, 0.3) is 0 Å². The van der Waals surface area contributed by atoms with Crippen LogP contribution in [0.4, 0.5) is 0 Å². The van der Waals surface area contributed by atoms with Gasteiger partial charge in [0, 0.05) is 26.2 Å². The first kappa shape index (κ1) is 25.8. The molecule has 1 aliphatic carbocycles. The normalized spacial score (nSPS) is 16.7. The Morgan fingerprint density at radius 1 is 1.11 bits per heavy atom. The van der Waals surface area contributed by atoms with Crippen LogP contribution < -0.4 is 10.9 Å². The third-order valence-electron chi connectivity index (χ3n) is 7.50. The Hall–Kier alpha value is -3.80. The van der Waals surface area contributed by atoms with Crippen LogP contribution in [0.2, 0.25) is 0 Å². The predicted molar refractivity (Wildman–Crippen MR) is 137 cm³/mol. The van der Waals surface area contributed by atoms with Gasteiger partial charge in [0.15, 0.2) is 16.2 Å². The van der Waals surface area contributed by atoms with E-state index in [0.29, 0.717) is 12.8 Å². The maximum Gasteiger partial charge on any atom is 0.270 e. The maximum absolute atomic E-state index is 13.6. The zero-order valence-corrected chi connectivity index (χ0v) is 22.2. The number of rotatable bonds is 8. The number of aryl methyl sites for hydroxylation is 1. The van der Waals surface area contributed by atoms with Gasteiger partial charge in [0.05, 0.1) is 4.75 Å². The smallest absolute Gasteiger partial charge is 0.270 e. The topological polar surface area (TPSA) is 144 Å². The van der Waals surface area contributed by atoms with Crippen LogP contribution in [0.15, 0.2) is 52.0 Å². The second-order valence-corrected chi connectivity index (χ2v) is 13.3. The van der Waals surface area contributed by atoms with Gasteiger partial charge in [-0.05, 0) is 51.3 Å². The average Bonchev–Trinajstić information content (AvgIpc) is 3.46. The molecule has 38 heavy (non-hydrogen) atoms. The first-order chi connectivity index (χ1) is 18.0. The minimum Gasteiger partial charge on any atom is -0.348 e. The van der Waals surface area contributed by atoms with Gasteiger partial charge in [-0.15, -0.1) is 0 Å². The molecule has 0 spiro atoms. The third-order valence-corrected chi connectivity index (χ3v) is 10.7. The van der Waals surface area contributed by atoms with Gasteiger partial charge in [0.1, 0.15) is 16.0 Å². The molecule has 0 radical (unpaired) electrons. The van der Waals surface area contributed by atoms with Gasteiger partial charge in [0.25, 0.3) is 17.4 Å². The zero-order valence-electron chi connectivity index (χ0n) is 21.4. The number of aromatic nitrogens is 3. The van der Waals surface area contributed by atoms with Gasteiger partial charge in [0.2, 0.25) is 5.89 Å². The van der Waals surface area contributed by atoms with Gasteiger partial charge < -0.3 is 19.3 Å². The summed E-state index contributed by atoms with van der Waals surface area (Å²) in [6.45, 7) is 5.59. The van der Waals surface area contributed by atoms with E-state index in [1.165, 1.54) is 35.4 Å². The first-order valence-electron chi connectivity index (χ1n) is 12.3. The van der Waals surface area contributed by atoms with E-state index in [0.717, 1.165) is 17.5 Å². The fraction of sp³-hybridized carbons (Fsp3) is 0.423. The van der Waals surface area contributed by atoms with Crippen LogP contribution in [-0.4, -0.2) is 57.7 Å². The summed E-state index contributed by atoms with van der Waals surface area (Å²) in [7, 11) is -3.82. The summed E-state index contributed by atoms with van der Waals surface area (Å²) in [6.07, 6.45) is 1.97. The van der Waals surface area contributed by atoms with E-state index in [9.17, 15) is 22.8 Å². The second-order valence-electron chi connectivity index (χ2n) is 10.4. The lowest BCUT2D eigenvalue weighted by atomic mass is 10.1. The maximum atomic E-state index is 13.6. The minimum absolute atomic E-state index is 0.00109. The van der Waals surface area contributed by atoms with Gasteiger partial charge in [-0.25, -0.2) is 8.42 Å². The third kappa shape index (κ3) is 4.22. The molecule has 11 nitrogen and oxygen atoms in total. The number of nitrogens with one attached hydrogen (secondary N) is 1. The van der Waals surface area contributed by atoms with E-state index >= 15 is 0 Å². The standard InChI is InChI=1S/C26H29N5O6S/c1-17-4-6-18(7-5-17)14-27-21(32)19-8-9-20-23(34)30(12-13-31(20)22(19)33)15-26(10-11-26)38(35,36)25(2,3)24-28-16-29-37-24/h4-9,16H,10-15H2,1-3H3,(H,27,32). The lowest BCUT2D eigenvalue weighted by molar-refractivity contribution is 0.0694. The molecule has 5 rings (SSSR count). The molecule has 12 heteroatoms. The van der Waals surface area contributed by atoms with Crippen LogP contribution >= 0.6 is 0 Å². The summed E-state index contributed by atoms with van der Waals surface area (Å²) in [5, 5.41) is 6.29. The molecule has 1 fully saturated rings. The summed E-state index contributed by atoms with van der Waals surface area (Å²) in [6, 6.07) is 10.5. The van der Waals surface area contributed by atoms with Crippen molar-refractivity contribution in [3.05, 3.63) is 81.4 Å². The van der Waals surface area contributed by atoms with Crippen LogP contribution in [0.5, 0.6) is 0 Å². The van der Waals surface area contributed by atoms with Crippen molar-refractivity contribution in [2.45, 2.75) is 56.2 Å². The molecular weight excluding hydrogens is 510 g/mol. The molecule has 3 heterocycles. The summed E-state index contributed by atoms with van der Waals surface area (Å²) in [5.74, 6) is -0.970. The van der Waals surface area contributed by atoms with Crippen LogP contribution in [-0.2, 0) is 27.7 Å². The van der Waals surface area contributed by atoms with Crippen molar-refractivity contribution in [2.75, 3.05) is 13.1 Å². The van der Waals surface area contributed by atoms with E-state index in [1.54, 1.807) is 0 Å². The number of nitrogens with zero attached hydrogens (tertiary/aromatic N) is 4. The Labute approximate surface area is 219 Å². The Kier molecular flexibility index (Phi) is 6.25. The predicted octanol–water partition coefficient (Wildman–Crippen LogP) is 1.81. The second kappa shape index (κ2) is 9.19. The van der Waals surface area contributed by atoms with Gasteiger partial charge in [-0.2, -0.15) is 4.98 Å². The fourth-order valence-electron chi connectivity index (χ4n) is 4.87. The number of benzene rings is 1. The zero-order chi connectivity index (χ0) is 27.3. The van der Waals surface area contributed by atoms with Crippen molar-refractivity contribution in [1.29, 1.82) is 0 Å². The molecule has 0 saturated heterocycles.